The van der Waals surface area contributed by atoms with Gasteiger partial charge in [0.2, 0.25) is 10.0 Å². The highest BCUT2D eigenvalue weighted by atomic mass is 32.2. The van der Waals surface area contributed by atoms with Gasteiger partial charge in [-0.25, -0.2) is 13.1 Å². The van der Waals surface area contributed by atoms with Gasteiger partial charge in [0.05, 0.1) is 11.5 Å². The molecule has 0 unspecified atom stereocenters. The monoisotopic (exact) mass is 313 g/mol. The van der Waals surface area contributed by atoms with Gasteiger partial charge in [0.25, 0.3) is 0 Å². The Kier molecular flexibility index (Phi) is 6.23. The Bertz CT molecular complexity index is 579. The number of rotatable bonds is 7. The van der Waals surface area contributed by atoms with Crippen LogP contribution in [-0.2, 0) is 10.0 Å². The predicted molar refractivity (Wildman–Crippen MR) is 86.5 cm³/mol. The molecule has 0 saturated heterocycles. The first-order valence-electron chi connectivity index (χ1n) is 7.52. The summed E-state index contributed by atoms with van der Waals surface area (Å²) in [5, 5.41) is 0. The van der Waals surface area contributed by atoms with E-state index in [0.717, 1.165) is 17.7 Å². The van der Waals surface area contributed by atoms with Crippen LogP contribution in [0, 0.1) is 6.92 Å². The minimum Gasteiger partial charge on any atom is -0.494 e. The fraction of sp³-hybridized carbons (Fsp3) is 0.625. The van der Waals surface area contributed by atoms with Gasteiger partial charge in [0.1, 0.15) is 5.75 Å². The molecule has 0 heterocycles. The van der Waals surface area contributed by atoms with Crippen LogP contribution in [0.1, 0.15) is 58.1 Å². The van der Waals surface area contributed by atoms with E-state index in [-0.39, 0.29) is 12.0 Å². The summed E-state index contributed by atoms with van der Waals surface area (Å²) in [7, 11) is -3.50. The van der Waals surface area contributed by atoms with Crippen LogP contribution in [0.2, 0.25) is 0 Å². The van der Waals surface area contributed by atoms with Crippen molar-refractivity contribution < 1.29 is 13.2 Å². The number of hydrogen-bond acceptors (Lipinski definition) is 3. The van der Waals surface area contributed by atoms with E-state index < -0.39 is 10.0 Å². The van der Waals surface area contributed by atoms with Gasteiger partial charge >= 0.3 is 0 Å². The molecule has 1 atom stereocenters. The molecule has 0 aromatic heterocycles. The summed E-state index contributed by atoms with van der Waals surface area (Å²) in [6, 6.07) is 3.49. The SMILES string of the molecule is CCOc1cc(C)c(S(=O)(=O)N[C@@H](C)CC)cc1C(C)C. The zero-order valence-corrected chi connectivity index (χ0v) is 14.7. The quantitative estimate of drug-likeness (QED) is 0.837. The highest BCUT2D eigenvalue weighted by Crippen LogP contribution is 2.31. The zero-order valence-electron chi connectivity index (χ0n) is 13.9. The number of ether oxygens (including phenoxy) is 1. The van der Waals surface area contributed by atoms with Crippen molar-refractivity contribution in [1.82, 2.24) is 4.72 Å². The van der Waals surface area contributed by atoms with Crippen LogP contribution in [-0.4, -0.2) is 21.1 Å². The summed E-state index contributed by atoms with van der Waals surface area (Å²) in [6.45, 7) is 12.2. The van der Waals surface area contributed by atoms with Crippen LogP contribution in [0.25, 0.3) is 0 Å². The highest BCUT2D eigenvalue weighted by Gasteiger charge is 2.22. The van der Waals surface area contributed by atoms with Crippen molar-refractivity contribution in [3.05, 3.63) is 23.3 Å². The standard InChI is InChI=1S/C16H27NO3S/c1-7-13(6)17-21(18,19)16-10-14(11(3)4)15(20-8-2)9-12(16)5/h9-11,13,17H,7-8H2,1-6H3/t13-/m0/s1. The molecule has 0 fully saturated rings. The van der Waals surface area contributed by atoms with Gasteiger partial charge in [-0.1, -0.05) is 20.8 Å². The average Bonchev–Trinajstić information content (AvgIpc) is 2.37. The van der Waals surface area contributed by atoms with Gasteiger partial charge in [-0.2, -0.15) is 0 Å². The maximum Gasteiger partial charge on any atom is 0.241 e. The van der Waals surface area contributed by atoms with Crippen molar-refractivity contribution in [3.8, 4) is 5.75 Å². The van der Waals surface area contributed by atoms with Crippen LogP contribution in [0.5, 0.6) is 5.75 Å². The number of nitrogens with one attached hydrogen (secondary N) is 1. The summed E-state index contributed by atoms with van der Waals surface area (Å²) in [5.41, 5.74) is 1.63. The molecule has 4 nitrogen and oxygen atoms in total. The van der Waals surface area contributed by atoms with Gasteiger partial charge in [-0.15, -0.1) is 0 Å². The van der Waals surface area contributed by atoms with Crippen LogP contribution in [0.15, 0.2) is 17.0 Å². The smallest absolute Gasteiger partial charge is 0.241 e. The molecule has 21 heavy (non-hydrogen) atoms. The lowest BCUT2D eigenvalue weighted by atomic mass is 10.0. The number of benzene rings is 1. The molecule has 0 amide bonds. The summed E-state index contributed by atoms with van der Waals surface area (Å²) < 4.78 is 33.4. The molecule has 0 aliphatic carbocycles. The second-order valence-electron chi connectivity index (χ2n) is 5.67. The van der Waals surface area contributed by atoms with Crippen LogP contribution < -0.4 is 9.46 Å². The summed E-state index contributed by atoms with van der Waals surface area (Å²) in [4.78, 5) is 0.343. The van der Waals surface area contributed by atoms with Crippen LogP contribution >= 0.6 is 0 Å². The van der Waals surface area contributed by atoms with E-state index >= 15 is 0 Å². The topological polar surface area (TPSA) is 55.4 Å². The molecule has 1 aromatic rings. The third-order valence-electron chi connectivity index (χ3n) is 3.49. The van der Waals surface area contributed by atoms with Gasteiger partial charge < -0.3 is 4.74 Å². The Hall–Kier alpha value is -1.07. The third-order valence-corrected chi connectivity index (χ3v) is 5.22. The highest BCUT2D eigenvalue weighted by molar-refractivity contribution is 7.89. The number of hydrogen-bond donors (Lipinski definition) is 1. The van der Waals surface area contributed by atoms with Crippen molar-refractivity contribution >= 4 is 10.0 Å². The Morgan fingerprint density at radius 3 is 2.29 bits per heavy atom. The van der Waals surface area contributed by atoms with E-state index in [9.17, 15) is 8.42 Å². The van der Waals surface area contributed by atoms with Gasteiger partial charge in [-0.3, -0.25) is 0 Å². The van der Waals surface area contributed by atoms with Crippen molar-refractivity contribution in [2.75, 3.05) is 6.61 Å². The molecule has 1 N–H and O–H groups in total. The third kappa shape index (κ3) is 4.45. The van der Waals surface area contributed by atoms with Crippen molar-refractivity contribution in [2.24, 2.45) is 0 Å². The molecule has 0 aliphatic heterocycles. The first kappa shape index (κ1) is 18.0. The van der Waals surface area contributed by atoms with E-state index in [2.05, 4.69) is 4.72 Å². The van der Waals surface area contributed by atoms with E-state index in [1.54, 1.807) is 13.0 Å². The second kappa shape index (κ2) is 7.27. The minimum atomic E-state index is -3.50. The van der Waals surface area contributed by atoms with Crippen LogP contribution in [0.3, 0.4) is 0 Å². The van der Waals surface area contributed by atoms with E-state index in [1.807, 2.05) is 40.7 Å². The fourth-order valence-corrected chi connectivity index (χ4v) is 3.70. The molecule has 1 rings (SSSR count). The maximum absolute atomic E-state index is 12.5. The molecule has 0 saturated carbocycles. The lowest BCUT2D eigenvalue weighted by Crippen LogP contribution is -2.32. The number of aryl methyl sites for hydroxylation is 1. The number of sulfonamides is 1. The molecule has 1 aromatic carbocycles. The largest absolute Gasteiger partial charge is 0.494 e. The Morgan fingerprint density at radius 1 is 1.19 bits per heavy atom. The lowest BCUT2D eigenvalue weighted by Gasteiger charge is -2.19. The zero-order chi connectivity index (χ0) is 16.2. The molecule has 0 spiro atoms. The van der Waals surface area contributed by atoms with Gasteiger partial charge in [0.15, 0.2) is 0 Å². The van der Waals surface area contributed by atoms with E-state index in [0.29, 0.717) is 17.1 Å². The van der Waals surface area contributed by atoms with Gasteiger partial charge in [-0.05, 0) is 56.4 Å². The summed E-state index contributed by atoms with van der Waals surface area (Å²) >= 11 is 0. The van der Waals surface area contributed by atoms with Crippen molar-refractivity contribution in [2.45, 2.75) is 64.8 Å². The van der Waals surface area contributed by atoms with Crippen LogP contribution in [0.4, 0.5) is 0 Å². The maximum atomic E-state index is 12.5. The Balaban J connectivity index is 3.34. The average molecular weight is 313 g/mol. The molecule has 0 radical (unpaired) electrons. The summed E-state index contributed by atoms with van der Waals surface area (Å²) in [6.07, 6.45) is 0.756. The lowest BCUT2D eigenvalue weighted by molar-refractivity contribution is 0.334. The Labute approximate surface area is 129 Å². The van der Waals surface area contributed by atoms with Crippen molar-refractivity contribution in [1.29, 1.82) is 0 Å². The van der Waals surface area contributed by atoms with E-state index in [4.69, 9.17) is 4.74 Å². The molecule has 0 aliphatic rings. The molecule has 120 valence electrons. The Morgan fingerprint density at radius 2 is 1.81 bits per heavy atom. The summed E-state index contributed by atoms with van der Waals surface area (Å²) in [5.74, 6) is 0.970. The first-order chi connectivity index (χ1) is 9.72. The molecular formula is C16H27NO3S. The van der Waals surface area contributed by atoms with E-state index in [1.165, 1.54) is 0 Å². The predicted octanol–water partition coefficient (Wildman–Crippen LogP) is 3.59. The normalized spacial score (nSPS) is 13.5. The first-order valence-corrected chi connectivity index (χ1v) is 9.00. The molecule has 5 heteroatoms. The minimum absolute atomic E-state index is 0.0801. The fourth-order valence-electron chi connectivity index (χ4n) is 2.11. The molecule has 0 bridgehead atoms. The second-order valence-corrected chi connectivity index (χ2v) is 7.36. The molecular weight excluding hydrogens is 286 g/mol. The van der Waals surface area contributed by atoms with Gasteiger partial charge in [0, 0.05) is 6.04 Å². The van der Waals surface area contributed by atoms with Crippen molar-refractivity contribution in [3.63, 3.8) is 0 Å².